The Morgan fingerprint density at radius 1 is 0.852 bits per heavy atom. The molecule has 5 aromatic rings. The zero-order valence-electron chi connectivity index (χ0n) is 14.6. The van der Waals surface area contributed by atoms with Crippen molar-refractivity contribution in [3.8, 4) is 0 Å². The average Bonchev–Trinajstić information content (AvgIpc) is 3.35. The number of anilines is 1. The molecule has 0 aliphatic carbocycles. The zero-order chi connectivity index (χ0) is 18.1. The molecular weight excluding hydrogens is 354 g/mol. The molecule has 27 heavy (non-hydrogen) atoms. The predicted octanol–water partition coefficient (Wildman–Crippen LogP) is 5.64. The molecule has 0 spiro atoms. The van der Waals surface area contributed by atoms with Gasteiger partial charge in [-0.2, -0.15) is 0 Å². The van der Waals surface area contributed by atoms with Crippen LogP contribution < -0.4 is 4.90 Å². The number of aromatic nitrogens is 2. The van der Waals surface area contributed by atoms with Gasteiger partial charge in [0.05, 0.1) is 6.54 Å². The molecule has 2 aromatic carbocycles. The van der Waals surface area contributed by atoms with E-state index in [4.69, 9.17) is 4.42 Å². The van der Waals surface area contributed by atoms with Gasteiger partial charge in [0.25, 0.3) is 0 Å². The molecule has 0 radical (unpaired) electrons. The molecule has 5 rings (SSSR count). The smallest absolute Gasteiger partial charge is 0.196 e. The lowest BCUT2D eigenvalue weighted by Gasteiger charge is -2.23. The highest BCUT2D eigenvalue weighted by molar-refractivity contribution is 7.09. The standard InChI is InChI=1S/C22H17N3OS/c1-2-7-16(8-3-1)13-25(14-17-9-6-12-27-17)22-21-20(23-15-24-22)18-10-4-5-11-19(18)26-21/h1-12,15H,13-14H2. The summed E-state index contributed by atoms with van der Waals surface area (Å²) >= 11 is 1.75. The molecule has 0 saturated heterocycles. The molecule has 4 nitrogen and oxygen atoms in total. The number of nitrogens with zero attached hydrogens (tertiary/aromatic N) is 3. The lowest BCUT2D eigenvalue weighted by atomic mass is 10.2. The number of benzene rings is 2. The molecule has 3 heterocycles. The van der Waals surface area contributed by atoms with Gasteiger partial charge in [0.2, 0.25) is 0 Å². The number of thiophene rings is 1. The summed E-state index contributed by atoms with van der Waals surface area (Å²) in [6.07, 6.45) is 1.63. The van der Waals surface area contributed by atoms with E-state index < -0.39 is 0 Å². The largest absolute Gasteiger partial charge is 0.450 e. The van der Waals surface area contributed by atoms with E-state index in [-0.39, 0.29) is 0 Å². The summed E-state index contributed by atoms with van der Waals surface area (Å²) in [6, 6.07) is 22.7. The third-order valence-corrected chi connectivity index (χ3v) is 5.44. The first kappa shape index (κ1) is 16.0. The van der Waals surface area contributed by atoms with Gasteiger partial charge in [-0.05, 0) is 29.1 Å². The zero-order valence-corrected chi connectivity index (χ0v) is 15.4. The summed E-state index contributed by atoms with van der Waals surface area (Å²) in [5.41, 5.74) is 3.67. The lowest BCUT2D eigenvalue weighted by Crippen LogP contribution is -2.23. The molecule has 3 aromatic heterocycles. The van der Waals surface area contributed by atoms with E-state index in [1.807, 2.05) is 30.3 Å². The maximum Gasteiger partial charge on any atom is 0.196 e. The van der Waals surface area contributed by atoms with Gasteiger partial charge in [-0.3, -0.25) is 0 Å². The fraction of sp³-hybridized carbons (Fsp3) is 0.0909. The number of furan rings is 1. The van der Waals surface area contributed by atoms with Crippen LogP contribution in [0.5, 0.6) is 0 Å². The van der Waals surface area contributed by atoms with Gasteiger partial charge in [-0.1, -0.05) is 48.5 Å². The third kappa shape index (κ3) is 3.06. The van der Waals surface area contributed by atoms with E-state index in [0.29, 0.717) is 0 Å². The molecular formula is C22H17N3OS. The van der Waals surface area contributed by atoms with Gasteiger partial charge < -0.3 is 9.32 Å². The van der Waals surface area contributed by atoms with Crippen molar-refractivity contribution in [1.82, 2.24) is 9.97 Å². The highest BCUT2D eigenvalue weighted by atomic mass is 32.1. The fourth-order valence-electron chi connectivity index (χ4n) is 3.34. The van der Waals surface area contributed by atoms with Crippen LogP contribution in [-0.2, 0) is 13.1 Å². The molecule has 132 valence electrons. The molecule has 0 aliphatic heterocycles. The van der Waals surface area contributed by atoms with Gasteiger partial charge in [-0.15, -0.1) is 11.3 Å². The first-order chi connectivity index (χ1) is 13.4. The van der Waals surface area contributed by atoms with Crippen LogP contribution in [-0.4, -0.2) is 9.97 Å². The Bertz CT molecular complexity index is 1180. The molecule has 5 heteroatoms. The maximum atomic E-state index is 6.16. The van der Waals surface area contributed by atoms with E-state index in [1.165, 1.54) is 10.4 Å². The average molecular weight is 371 g/mol. The third-order valence-electron chi connectivity index (χ3n) is 4.58. The van der Waals surface area contributed by atoms with Crippen LogP contribution in [0.15, 0.2) is 82.9 Å². The minimum atomic E-state index is 0.742. The van der Waals surface area contributed by atoms with Crippen molar-refractivity contribution in [2.75, 3.05) is 4.90 Å². The van der Waals surface area contributed by atoms with Crippen molar-refractivity contribution >= 4 is 39.2 Å². The maximum absolute atomic E-state index is 6.16. The second-order valence-electron chi connectivity index (χ2n) is 6.39. The Morgan fingerprint density at radius 2 is 1.70 bits per heavy atom. The number of fused-ring (bicyclic) bond motifs is 3. The van der Waals surface area contributed by atoms with E-state index in [0.717, 1.165) is 41.0 Å². The van der Waals surface area contributed by atoms with Crippen LogP contribution >= 0.6 is 11.3 Å². The minimum Gasteiger partial charge on any atom is -0.450 e. The molecule has 0 N–H and O–H groups in total. The van der Waals surface area contributed by atoms with E-state index in [1.54, 1.807) is 17.7 Å². The Balaban J connectivity index is 1.64. The van der Waals surface area contributed by atoms with E-state index in [2.05, 4.69) is 56.6 Å². The first-order valence-corrected chi connectivity index (χ1v) is 9.70. The molecule has 0 atom stereocenters. The predicted molar refractivity (Wildman–Crippen MR) is 110 cm³/mol. The van der Waals surface area contributed by atoms with Crippen LogP contribution in [0.4, 0.5) is 5.82 Å². The van der Waals surface area contributed by atoms with Crippen molar-refractivity contribution in [2.24, 2.45) is 0 Å². The van der Waals surface area contributed by atoms with E-state index in [9.17, 15) is 0 Å². The van der Waals surface area contributed by atoms with Crippen molar-refractivity contribution in [3.63, 3.8) is 0 Å². The highest BCUT2D eigenvalue weighted by Gasteiger charge is 2.19. The molecule has 0 fully saturated rings. The van der Waals surface area contributed by atoms with Gasteiger partial charge in [0.15, 0.2) is 11.4 Å². The van der Waals surface area contributed by atoms with E-state index >= 15 is 0 Å². The SMILES string of the molecule is c1ccc(CN(Cc2cccs2)c2ncnc3c2oc2ccccc23)cc1. The Morgan fingerprint density at radius 3 is 2.56 bits per heavy atom. The summed E-state index contributed by atoms with van der Waals surface area (Å²) in [7, 11) is 0. The Hall–Kier alpha value is -3.18. The minimum absolute atomic E-state index is 0.742. The van der Waals surface area contributed by atoms with Crippen molar-refractivity contribution in [3.05, 3.63) is 88.9 Å². The number of hydrogen-bond acceptors (Lipinski definition) is 5. The monoisotopic (exact) mass is 371 g/mol. The fourth-order valence-corrected chi connectivity index (χ4v) is 4.06. The van der Waals surface area contributed by atoms with Gasteiger partial charge in [0.1, 0.15) is 17.4 Å². The first-order valence-electron chi connectivity index (χ1n) is 8.82. The van der Waals surface area contributed by atoms with Gasteiger partial charge in [-0.25, -0.2) is 9.97 Å². The summed E-state index contributed by atoms with van der Waals surface area (Å²) in [6.45, 7) is 1.53. The van der Waals surface area contributed by atoms with Gasteiger partial charge >= 0.3 is 0 Å². The molecule has 0 amide bonds. The van der Waals surface area contributed by atoms with Crippen LogP contribution in [0.3, 0.4) is 0 Å². The normalized spacial score (nSPS) is 11.3. The lowest BCUT2D eigenvalue weighted by molar-refractivity contribution is 0.658. The summed E-state index contributed by atoms with van der Waals surface area (Å²) < 4.78 is 6.16. The van der Waals surface area contributed by atoms with Crippen LogP contribution in [0.25, 0.3) is 22.1 Å². The molecule has 0 bridgehead atoms. The molecule has 0 aliphatic rings. The Labute approximate surface area is 160 Å². The topological polar surface area (TPSA) is 42.2 Å². The number of hydrogen-bond donors (Lipinski definition) is 0. The van der Waals surface area contributed by atoms with Crippen molar-refractivity contribution < 1.29 is 4.42 Å². The quantitative estimate of drug-likeness (QED) is 0.401. The van der Waals surface area contributed by atoms with Crippen molar-refractivity contribution in [1.29, 1.82) is 0 Å². The Kier molecular flexibility index (Phi) is 4.07. The van der Waals surface area contributed by atoms with Crippen LogP contribution in [0.2, 0.25) is 0 Å². The summed E-state index contributed by atoms with van der Waals surface area (Å²) in [5.74, 6) is 0.827. The highest BCUT2D eigenvalue weighted by Crippen LogP contribution is 2.33. The van der Waals surface area contributed by atoms with Crippen LogP contribution in [0.1, 0.15) is 10.4 Å². The molecule has 0 saturated carbocycles. The second-order valence-corrected chi connectivity index (χ2v) is 7.43. The second kappa shape index (κ2) is 6.85. The number of para-hydroxylation sites is 1. The summed E-state index contributed by atoms with van der Waals surface area (Å²) in [5, 5.41) is 3.12. The molecule has 0 unspecified atom stereocenters. The van der Waals surface area contributed by atoms with Gasteiger partial charge in [0, 0.05) is 16.8 Å². The van der Waals surface area contributed by atoms with Crippen molar-refractivity contribution in [2.45, 2.75) is 13.1 Å². The summed E-state index contributed by atoms with van der Waals surface area (Å²) in [4.78, 5) is 12.6. The van der Waals surface area contributed by atoms with Crippen LogP contribution in [0, 0.1) is 0 Å². The number of rotatable bonds is 5.